The van der Waals surface area contributed by atoms with Gasteiger partial charge in [-0.25, -0.2) is 9.78 Å². The summed E-state index contributed by atoms with van der Waals surface area (Å²) in [6, 6.07) is 13.5. The molecule has 3 rings (SSSR count). The number of aliphatic hydroxyl groups is 2. The summed E-state index contributed by atoms with van der Waals surface area (Å²) < 4.78 is 5.63. The van der Waals surface area contributed by atoms with Crippen LogP contribution in [0.15, 0.2) is 48.5 Å². The van der Waals surface area contributed by atoms with Gasteiger partial charge in [0.1, 0.15) is 6.10 Å². The Morgan fingerprint density at radius 1 is 1.15 bits per heavy atom. The molecule has 2 aromatic rings. The number of hydrogen-bond donors (Lipinski definition) is 4. The standard InChI is InChI=1S/C19H23N3O4/c1-12-6-5-9-16(20-12)26-11-13-10-15(18(24)17(13)23)22-19(25)21-14-7-3-2-4-8-14/h2-9,13,15,17-18,23-24H,10-11H2,1H3,(H2,21,22,25)/t13-,15-,17-,18+/m1/s1. The number of pyridine rings is 1. The van der Waals surface area contributed by atoms with Crippen molar-refractivity contribution in [2.75, 3.05) is 11.9 Å². The minimum absolute atomic E-state index is 0.215. The van der Waals surface area contributed by atoms with Gasteiger partial charge >= 0.3 is 6.03 Å². The second kappa shape index (κ2) is 8.16. The highest BCUT2D eigenvalue weighted by atomic mass is 16.5. The molecule has 4 atom stereocenters. The van der Waals surface area contributed by atoms with Crippen molar-refractivity contribution in [3.63, 3.8) is 0 Å². The molecule has 1 heterocycles. The minimum Gasteiger partial charge on any atom is -0.477 e. The number of carbonyl (C=O) groups excluding carboxylic acids is 1. The zero-order valence-electron chi connectivity index (χ0n) is 14.5. The lowest BCUT2D eigenvalue weighted by molar-refractivity contribution is 0.00308. The first-order valence-electron chi connectivity index (χ1n) is 8.58. The number of amides is 2. The summed E-state index contributed by atoms with van der Waals surface area (Å²) in [5.74, 6) is 0.180. The summed E-state index contributed by atoms with van der Waals surface area (Å²) >= 11 is 0. The van der Waals surface area contributed by atoms with Crippen LogP contribution in [0.25, 0.3) is 0 Å². The Morgan fingerprint density at radius 3 is 2.65 bits per heavy atom. The number of hydrogen-bond acceptors (Lipinski definition) is 5. The van der Waals surface area contributed by atoms with E-state index in [0.29, 0.717) is 18.0 Å². The first-order valence-corrected chi connectivity index (χ1v) is 8.58. The molecule has 7 heteroatoms. The van der Waals surface area contributed by atoms with Gasteiger partial charge in [0, 0.05) is 23.4 Å². The third-order valence-electron chi connectivity index (χ3n) is 4.46. The number of rotatable bonds is 5. The van der Waals surface area contributed by atoms with Crippen LogP contribution in [0, 0.1) is 12.8 Å². The Morgan fingerprint density at radius 2 is 1.92 bits per heavy atom. The number of benzene rings is 1. The number of anilines is 1. The second-order valence-electron chi connectivity index (χ2n) is 6.48. The highest BCUT2D eigenvalue weighted by Gasteiger charge is 2.42. The van der Waals surface area contributed by atoms with Crippen molar-refractivity contribution in [3.8, 4) is 5.88 Å². The predicted molar refractivity (Wildman–Crippen MR) is 97.0 cm³/mol. The number of para-hydroxylation sites is 1. The Balaban J connectivity index is 1.52. The number of aromatic nitrogens is 1. The van der Waals surface area contributed by atoms with E-state index in [4.69, 9.17) is 4.74 Å². The van der Waals surface area contributed by atoms with Crippen LogP contribution in [0.3, 0.4) is 0 Å². The molecular formula is C19H23N3O4. The monoisotopic (exact) mass is 357 g/mol. The molecule has 1 aromatic heterocycles. The molecule has 2 amide bonds. The van der Waals surface area contributed by atoms with Gasteiger partial charge in [0.15, 0.2) is 0 Å². The van der Waals surface area contributed by atoms with Crippen molar-refractivity contribution >= 4 is 11.7 Å². The van der Waals surface area contributed by atoms with Crippen molar-refractivity contribution in [2.24, 2.45) is 5.92 Å². The van der Waals surface area contributed by atoms with Crippen molar-refractivity contribution in [1.29, 1.82) is 0 Å². The molecule has 1 aliphatic rings. The van der Waals surface area contributed by atoms with E-state index in [-0.39, 0.29) is 12.5 Å². The summed E-state index contributed by atoms with van der Waals surface area (Å²) in [4.78, 5) is 16.3. The Bertz CT molecular complexity index is 741. The number of aryl methyl sites for hydroxylation is 1. The Hall–Kier alpha value is -2.64. The third kappa shape index (κ3) is 4.50. The van der Waals surface area contributed by atoms with Crippen LogP contribution in [-0.2, 0) is 0 Å². The highest BCUT2D eigenvalue weighted by molar-refractivity contribution is 5.89. The molecule has 7 nitrogen and oxygen atoms in total. The van der Waals surface area contributed by atoms with Crippen molar-refractivity contribution < 1.29 is 19.7 Å². The van der Waals surface area contributed by atoms with Crippen LogP contribution in [0.5, 0.6) is 5.88 Å². The van der Waals surface area contributed by atoms with Crippen LogP contribution in [0.1, 0.15) is 12.1 Å². The molecule has 1 fully saturated rings. The molecule has 1 aromatic carbocycles. The van der Waals surface area contributed by atoms with Crippen molar-refractivity contribution in [2.45, 2.75) is 31.6 Å². The number of nitrogens with one attached hydrogen (secondary N) is 2. The smallest absolute Gasteiger partial charge is 0.319 e. The van der Waals surface area contributed by atoms with Gasteiger partial charge in [-0.3, -0.25) is 0 Å². The van der Waals surface area contributed by atoms with Gasteiger partial charge in [0.25, 0.3) is 0 Å². The lowest BCUT2D eigenvalue weighted by Gasteiger charge is -2.18. The van der Waals surface area contributed by atoms with Gasteiger partial charge in [0.2, 0.25) is 5.88 Å². The van der Waals surface area contributed by atoms with E-state index in [1.165, 1.54) is 0 Å². The van der Waals surface area contributed by atoms with E-state index < -0.39 is 24.3 Å². The molecule has 0 spiro atoms. The summed E-state index contributed by atoms with van der Waals surface area (Å²) in [7, 11) is 0. The Labute approximate surface area is 152 Å². The molecular weight excluding hydrogens is 334 g/mol. The molecule has 0 radical (unpaired) electrons. The normalized spacial score (nSPS) is 24.9. The molecule has 1 aliphatic carbocycles. The topological polar surface area (TPSA) is 104 Å². The number of aliphatic hydroxyl groups excluding tert-OH is 2. The number of carbonyl (C=O) groups is 1. The molecule has 0 unspecified atom stereocenters. The largest absolute Gasteiger partial charge is 0.477 e. The first-order chi connectivity index (χ1) is 12.5. The minimum atomic E-state index is -1.05. The quantitative estimate of drug-likeness (QED) is 0.652. The molecule has 0 bridgehead atoms. The second-order valence-corrected chi connectivity index (χ2v) is 6.48. The van der Waals surface area contributed by atoms with E-state index in [1.807, 2.05) is 37.3 Å². The molecule has 1 saturated carbocycles. The SMILES string of the molecule is Cc1cccc(OC[C@H]2C[C@@H](NC(=O)Nc3ccccc3)[C@H](O)[C@@H]2O)n1. The summed E-state index contributed by atoms with van der Waals surface area (Å²) in [6.45, 7) is 2.08. The molecule has 138 valence electrons. The third-order valence-corrected chi connectivity index (χ3v) is 4.46. The Kier molecular flexibility index (Phi) is 5.70. The zero-order valence-corrected chi connectivity index (χ0v) is 14.5. The summed E-state index contributed by atoms with van der Waals surface area (Å²) in [6.07, 6.45) is -1.60. The summed E-state index contributed by atoms with van der Waals surface area (Å²) in [5, 5.41) is 25.9. The average Bonchev–Trinajstić information content (AvgIpc) is 2.89. The fourth-order valence-corrected chi connectivity index (χ4v) is 3.08. The van der Waals surface area contributed by atoms with Gasteiger partial charge in [-0.15, -0.1) is 0 Å². The molecule has 26 heavy (non-hydrogen) atoms. The summed E-state index contributed by atoms with van der Waals surface area (Å²) in [5.41, 5.74) is 1.50. The highest BCUT2D eigenvalue weighted by Crippen LogP contribution is 2.27. The van der Waals surface area contributed by atoms with E-state index in [2.05, 4.69) is 15.6 Å². The fraction of sp³-hybridized carbons (Fsp3) is 0.368. The van der Waals surface area contributed by atoms with Crippen molar-refractivity contribution in [3.05, 3.63) is 54.2 Å². The molecule has 4 N–H and O–H groups in total. The maximum absolute atomic E-state index is 12.1. The first kappa shape index (κ1) is 18.2. The van der Waals surface area contributed by atoms with Crippen molar-refractivity contribution in [1.82, 2.24) is 10.3 Å². The average molecular weight is 357 g/mol. The van der Waals surface area contributed by atoms with Crippen LogP contribution in [0.4, 0.5) is 10.5 Å². The number of nitrogens with zero attached hydrogens (tertiary/aromatic N) is 1. The number of urea groups is 1. The van der Waals surface area contributed by atoms with E-state index in [1.54, 1.807) is 18.2 Å². The zero-order chi connectivity index (χ0) is 18.5. The molecule has 0 saturated heterocycles. The van der Waals surface area contributed by atoms with Crippen LogP contribution in [-0.4, -0.2) is 46.1 Å². The fourth-order valence-electron chi connectivity index (χ4n) is 3.08. The van der Waals surface area contributed by atoms with E-state index in [0.717, 1.165) is 5.69 Å². The van der Waals surface area contributed by atoms with Crippen LogP contribution in [0.2, 0.25) is 0 Å². The van der Waals surface area contributed by atoms with E-state index >= 15 is 0 Å². The maximum atomic E-state index is 12.1. The van der Waals surface area contributed by atoms with Crippen LogP contribution >= 0.6 is 0 Å². The van der Waals surface area contributed by atoms with E-state index in [9.17, 15) is 15.0 Å². The lowest BCUT2D eigenvalue weighted by atomic mass is 10.1. The van der Waals surface area contributed by atoms with Gasteiger partial charge in [0.05, 0.1) is 18.8 Å². The van der Waals surface area contributed by atoms with Crippen LogP contribution < -0.4 is 15.4 Å². The van der Waals surface area contributed by atoms with Gasteiger partial charge in [-0.1, -0.05) is 24.3 Å². The number of ether oxygens (including phenoxy) is 1. The van der Waals surface area contributed by atoms with Gasteiger partial charge in [-0.05, 0) is 31.5 Å². The van der Waals surface area contributed by atoms with Gasteiger partial charge < -0.3 is 25.6 Å². The van der Waals surface area contributed by atoms with Gasteiger partial charge in [-0.2, -0.15) is 0 Å². The molecule has 0 aliphatic heterocycles. The maximum Gasteiger partial charge on any atom is 0.319 e. The predicted octanol–water partition coefficient (Wildman–Crippen LogP) is 1.70. The lowest BCUT2D eigenvalue weighted by Crippen LogP contribution is -2.44.